The van der Waals surface area contributed by atoms with Crippen molar-refractivity contribution >= 4 is 5.91 Å². The van der Waals surface area contributed by atoms with E-state index in [4.69, 9.17) is 0 Å². The molecule has 0 spiro atoms. The maximum Gasteiger partial charge on any atom is 0.259 e. The van der Waals surface area contributed by atoms with Gasteiger partial charge in [-0.2, -0.15) is 0 Å². The minimum Gasteiger partial charge on any atom is -0.339 e. The summed E-state index contributed by atoms with van der Waals surface area (Å²) in [4.78, 5) is 13.5. The molecule has 15 heavy (non-hydrogen) atoms. The van der Waals surface area contributed by atoms with Crippen LogP contribution < -0.4 is 0 Å². The van der Waals surface area contributed by atoms with E-state index in [1.54, 1.807) is 4.90 Å². The van der Waals surface area contributed by atoms with Crippen LogP contribution >= 0.6 is 0 Å². The third kappa shape index (κ3) is 1.99. The van der Waals surface area contributed by atoms with Gasteiger partial charge in [-0.05, 0) is 26.7 Å². The molecule has 0 aromatic rings. The van der Waals surface area contributed by atoms with Gasteiger partial charge in [0.2, 0.25) is 5.91 Å². The molecule has 0 bridgehead atoms. The summed E-state index contributed by atoms with van der Waals surface area (Å²) < 4.78 is 26.5. The molecule has 0 aliphatic carbocycles. The predicted molar refractivity (Wildman–Crippen MR) is 54.8 cm³/mol. The zero-order chi connectivity index (χ0) is 11.9. The van der Waals surface area contributed by atoms with Crippen LogP contribution in [0.5, 0.6) is 0 Å². The highest BCUT2D eigenvalue weighted by atomic mass is 19.3. The number of likely N-dealkylation sites (tertiary alicyclic amines) is 1. The first kappa shape index (κ1) is 12.4. The Kier molecular flexibility index (Phi) is 3.08. The standard InChI is InChI=1S/C11H19F2NO/c1-5-8-6-7-14(8)9(15)10(2,3)11(4,12)13/h8H,5-7H2,1-4H3. The average Bonchev–Trinajstić information content (AvgIpc) is 2.00. The number of nitrogens with zero attached hydrogens (tertiary/aromatic N) is 1. The first-order valence-electron chi connectivity index (χ1n) is 5.40. The maximum absolute atomic E-state index is 13.3. The molecule has 1 fully saturated rings. The van der Waals surface area contributed by atoms with Crippen LogP contribution in [-0.2, 0) is 4.79 Å². The van der Waals surface area contributed by atoms with Gasteiger partial charge in [0.05, 0.1) is 0 Å². The summed E-state index contributed by atoms with van der Waals surface area (Å²) in [6, 6.07) is 0.166. The van der Waals surface area contributed by atoms with E-state index in [-0.39, 0.29) is 6.04 Å². The molecule has 0 aromatic carbocycles. The summed E-state index contributed by atoms with van der Waals surface area (Å²) in [5.41, 5.74) is -1.60. The highest BCUT2D eigenvalue weighted by Gasteiger charge is 2.51. The van der Waals surface area contributed by atoms with Crippen LogP contribution in [0.2, 0.25) is 0 Å². The Morgan fingerprint density at radius 3 is 2.20 bits per heavy atom. The Balaban J connectivity index is 2.76. The van der Waals surface area contributed by atoms with Crippen molar-refractivity contribution in [1.29, 1.82) is 0 Å². The zero-order valence-electron chi connectivity index (χ0n) is 9.81. The fourth-order valence-corrected chi connectivity index (χ4v) is 1.68. The molecule has 1 heterocycles. The minimum atomic E-state index is -2.97. The largest absolute Gasteiger partial charge is 0.339 e. The van der Waals surface area contributed by atoms with Gasteiger partial charge >= 0.3 is 0 Å². The van der Waals surface area contributed by atoms with Crippen LogP contribution in [0.4, 0.5) is 8.78 Å². The predicted octanol–water partition coefficient (Wildman–Crippen LogP) is 2.68. The highest BCUT2D eigenvalue weighted by molar-refractivity contribution is 5.84. The van der Waals surface area contributed by atoms with Crippen LogP contribution in [0.1, 0.15) is 40.5 Å². The average molecular weight is 219 g/mol. The molecule has 1 atom stereocenters. The van der Waals surface area contributed by atoms with E-state index in [1.807, 2.05) is 6.92 Å². The van der Waals surface area contributed by atoms with Gasteiger partial charge < -0.3 is 4.90 Å². The number of carbonyl (C=O) groups is 1. The molecule has 0 N–H and O–H groups in total. The van der Waals surface area contributed by atoms with Crippen LogP contribution in [-0.4, -0.2) is 29.3 Å². The van der Waals surface area contributed by atoms with Crippen LogP contribution in [0, 0.1) is 5.41 Å². The third-order valence-corrected chi connectivity index (χ3v) is 3.51. The second-order valence-electron chi connectivity index (χ2n) is 4.86. The van der Waals surface area contributed by atoms with Gasteiger partial charge in [-0.3, -0.25) is 4.79 Å². The van der Waals surface area contributed by atoms with Gasteiger partial charge in [0.25, 0.3) is 5.92 Å². The summed E-state index contributed by atoms with van der Waals surface area (Å²) in [5.74, 6) is -3.40. The zero-order valence-corrected chi connectivity index (χ0v) is 9.81. The van der Waals surface area contributed by atoms with Crippen LogP contribution in [0.3, 0.4) is 0 Å². The molecule has 2 nitrogen and oxygen atoms in total. The highest BCUT2D eigenvalue weighted by Crippen LogP contribution is 2.39. The van der Waals surface area contributed by atoms with Crippen molar-refractivity contribution < 1.29 is 13.6 Å². The first-order chi connectivity index (χ1) is 6.71. The van der Waals surface area contributed by atoms with E-state index in [0.29, 0.717) is 6.54 Å². The molecule has 88 valence electrons. The van der Waals surface area contributed by atoms with E-state index >= 15 is 0 Å². The van der Waals surface area contributed by atoms with Crippen molar-refractivity contribution in [3.05, 3.63) is 0 Å². The minimum absolute atomic E-state index is 0.166. The Hall–Kier alpha value is -0.670. The smallest absolute Gasteiger partial charge is 0.259 e. The lowest BCUT2D eigenvalue weighted by Crippen LogP contribution is -2.58. The maximum atomic E-state index is 13.3. The SMILES string of the molecule is CCC1CCN1C(=O)C(C)(C)C(C)(F)F. The van der Waals surface area contributed by atoms with E-state index in [9.17, 15) is 13.6 Å². The van der Waals surface area contributed by atoms with Crippen molar-refractivity contribution in [2.75, 3.05) is 6.54 Å². The van der Waals surface area contributed by atoms with Crippen molar-refractivity contribution in [2.45, 2.75) is 52.5 Å². The molecule has 1 unspecified atom stereocenters. The van der Waals surface area contributed by atoms with Gasteiger partial charge in [0.15, 0.2) is 0 Å². The number of carbonyl (C=O) groups excluding carboxylic acids is 1. The van der Waals surface area contributed by atoms with Crippen molar-refractivity contribution in [3.8, 4) is 0 Å². The second-order valence-corrected chi connectivity index (χ2v) is 4.86. The Bertz CT molecular complexity index is 256. The Morgan fingerprint density at radius 2 is 1.93 bits per heavy atom. The van der Waals surface area contributed by atoms with Crippen LogP contribution in [0.25, 0.3) is 0 Å². The third-order valence-electron chi connectivity index (χ3n) is 3.51. The molecular weight excluding hydrogens is 200 g/mol. The topological polar surface area (TPSA) is 20.3 Å². The number of halogens is 2. The van der Waals surface area contributed by atoms with E-state index in [0.717, 1.165) is 19.8 Å². The van der Waals surface area contributed by atoms with Crippen molar-refractivity contribution in [1.82, 2.24) is 4.90 Å². The molecule has 1 amide bonds. The van der Waals surface area contributed by atoms with Gasteiger partial charge in [-0.1, -0.05) is 6.92 Å². The molecule has 1 aliphatic heterocycles. The van der Waals surface area contributed by atoms with Crippen LogP contribution in [0.15, 0.2) is 0 Å². The molecule has 0 radical (unpaired) electrons. The second kappa shape index (κ2) is 3.72. The van der Waals surface area contributed by atoms with E-state index < -0.39 is 17.2 Å². The lowest BCUT2D eigenvalue weighted by Gasteiger charge is -2.45. The Morgan fingerprint density at radius 1 is 1.40 bits per heavy atom. The molecule has 4 heteroatoms. The number of hydrogen-bond acceptors (Lipinski definition) is 1. The molecule has 0 aromatic heterocycles. The number of hydrogen-bond donors (Lipinski definition) is 0. The lowest BCUT2D eigenvalue weighted by atomic mass is 9.82. The monoisotopic (exact) mass is 219 g/mol. The fraction of sp³-hybridized carbons (Fsp3) is 0.909. The van der Waals surface area contributed by atoms with Crippen molar-refractivity contribution in [3.63, 3.8) is 0 Å². The number of rotatable bonds is 3. The molecule has 1 aliphatic rings. The van der Waals surface area contributed by atoms with Gasteiger partial charge in [-0.15, -0.1) is 0 Å². The van der Waals surface area contributed by atoms with E-state index in [2.05, 4.69) is 0 Å². The molecular formula is C11H19F2NO. The summed E-state index contributed by atoms with van der Waals surface area (Å²) in [6.45, 7) is 6.05. The summed E-state index contributed by atoms with van der Waals surface area (Å²) >= 11 is 0. The number of amides is 1. The molecule has 1 saturated heterocycles. The van der Waals surface area contributed by atoms with Crippen molar-refractivity contribution in [2.24, 2.45) is 5.41 Å². The quantitative estimate of drug-likeness (QED) is 0.714. The Labute approximate surface area is 89.6 Å². The van der Waals surface area contributed by atoms with Gasteiger partial charge in [0.1, 0.15) is 5.41 Å². The van der Waals surface area contributed by atoms with E-state index in [1.165, 1.54) is 13.8 Å². The number of alkyl halides is 2. The normalized spacial score (nSPS) is 22.5. The molecule has 1 rings (SSSR count). The van der Waals surface area contributed by atoms with Gasteiger partial charge in [-0.25, -0.2) is 8.78 Å². The summed E-state index contributed by atoms with van der Waals surface area (Å²) in [5, 5.41) is 0. The molecule has 0 saturated carbocycles. The fourth-order valence-electron chi connectivity index (χ4n) is 1.68. The summed E-state index contributed by atoms with van der Waals surface area (Å²) in [7, 11) is 0. The summed E-state index contributed by atoms with van der Waals surface area (Å²) in [6.07, 6.45) is 1.78. The van der Waals surface area contributed by atoms with Gasteiger partial charge in [0, 0.05) is 19.5 Å². The lowest BCUT2D eigenvalue weighted by molar-refractivity contribution is -0.170. The first-order valence-corrected chi connectivity index (χ1v) is 5.40.